The van der Waals surface area contributed by atoms with Crippen molar-refractivity contribution < 1.29 is 9.39 Å². The zero-order valence-electron chi connectivity index (χ0n) is 20.9. The zero-order chi connectivity index (χ0) is 26.3. The van der Waals surface area contributed by atoms with Crippen molar-refractivity contribution in [3.05, 3.63) is 110 Å². The van der Waals surface area contributed by atoms with Gasteiger partial charge >= 0.3 is 5.95 Å². The van der Waals surface area contributed by atoms with Crippen LogP contribution in [0.15, 0.2) is 77.9 Å². The molecule has 1 atom stereocenters. The maximum absolute atomic E-state index is 13.4. The van der Waals surface area contributed by atoms with Gasteiger partial charge in [0.25, 0.3) is 0 Å². The Balaban J connectivity index is 1.45. The molecule has 0 unspecified atom stereocenters. The Morgan fingerprint density at radius 3 is 2.45 bits per heavy atom. The second kappa shape index (κ2) is 10.0. The van der Waals surface area contributed by atoms with Crippen LogP contribution in [0.3, 0.4) is 0 Å². The number of anilines is 1. The molecule has 3 aromatic carbocycles. The predicted octanol–water partition coefficient (Wildman–Crippen LogP) is 4.71. The largest absolute Gasteiger partial charge is 0.404 e. The molecule has 1 aliphatic carbocycles. The third kappa shape index (κ3) is 4.32. The van der Waals surface area contributed by atoms with Gasteiger partial charge in [-0.3, -0.25) is 0 Å². The fourth-order valence-electron chi connectivity index (χ4n) is 5.53. The minimum absolute atomic E-state index is 0.295. The van der Waals surface area contributed by atoms with E-state index in [1.54, 1.807) is 23.9 Å². The molecule has 1 aromatic heterocycles. The molecule has 10 heteroatoms. The van der Waals surface area contributed by atoms with E-state index in [-0.39, 0.29) is 5.41 Å². The second-order valence-corrected chi connectivity index (χ2v) is 10.6. The van der Waals surface area contributed by atoms with E-state index in [2.05, 4.69) is 24.3 Å². The molecule has 194 valence electrons. The lowest BCUT2D eigenvalue weighted by Gasteiger charge is -2.27. The molecule has 0 saturated heterocycles. The SMILES string of the molecule is COCCn1c(N2C[C@@]3(CCc4ccccc43)C(c3ccc(Cl)cc3)=N2)nn(Cc2ccc(Cl)cc2)[n+]1=O. The predicted molar refractivity (Wildman–Crippen MR) is 148 cm³/mol. The zero-order valence-corrected chi connectivity index (χ0v) is 22.4. The van der Waals surface area contributed by atoms with E-state index in [0.29, 0.717) is 42.2 Å². The van der Waals surface area contributed by atoms with E-state index >= 15 is 0 Å². The normalized spacial score (nSPS) is 18.3. The van der Waals surface area contributed by atoms with E-state index in [0.717, 1.165) is 34.3 Å². The van der Waals surface area contributed by atoms with Gasteiger partial charge in [-0.1, -0.05) is 76.4 Å². The molecule has 0 bridgehead atoms. The van der Waals surface area contributed by atoms with Gasteiger partial charge in [0.05, 0.1) is 35.9 Å². The summed E-state index contributed by atoms with van der Waals surface area (Å²) in [4.78, 5) is 14.8. The molecule has 4 aromatic rings. The van der Waals surface area contributed by atoms with E-state index in [4.69, 9.17) is 38.1 Å². The average molecular weight is 550 g/mol. The topological polar surface area (TPSA) is 70.6 Å². The number of hydrogen-bond acceptors (Lipinski definition) is 5. The number of fused-ring (bicyclic) bond motifs is 2. The monoisotopic (exact) mass is 549 g/mol. The summed E-state index contributed by atoms with van der Waals surface area (Å²) in [6, 6.07) is 23.8. The molecule has 38 heavy (non-hydrogen) atoms. The van der Waals surface area contributed by atoms with Crippen LogP contribution in [-0.4, -0.2) is 40.6 Å². The summed E-state index contributed by atoms with van der Waals surface area (Å²) in [5.41, 5.74) is 5.16. The Hall–Kier alpha value is -3.46. The number of rotatable bonds is 7. The van der Waals surface area contributed by atoms with Gasteiger partial charge in [0, 0.05) is 22.0 Å². The van der Waals surface area contributed by atoms with Crippen molar-refractivity contribution in [1.82, 2.24) is 14.6 Å². The molecule has 0 N–H and O–H groups in total. The molecule has 0 saturated carbocycles. The van der Waals surface area contributed by atoms with Crippen LogP contribution in [-0.2, 0) is 29.7 Å². The molecule has 6 rings (SSSR count). The smallest absolute Gasteiger partial charge is 0.383 e. The third-order valence-electron chi connectivity index (χ3n) is 7.38. The lowest BCUT2D eigenvalue weighted by atomic mass is 9.75. The summed E-state index contributed by atoms with van der Waals surface area (Å²) in [6.07, 6.45) is 1.89. The highest BCUT2D eigenvalue weighted by molar-refractivity contribution is 6.31. The van der Waals surface area contributed by atoms with E-state index in [1.807, 2.05) is 41.4 Å². The van der Waals surface area contributed by atoms with Crippen molar-refractivity contribution in [2.45, 2.75) is 31.3 Å². The standard InChI is InChI=1S/C28H27Cl2N6O2/c1-38-17-16-34-27(32-35(36(34)37)18-20-6-10-23(29)11-7-20)33-19-28(15-14-21-4-2-3-5-25(21)28)26(31-33)22-8-12-24(30)13-9-22/h2-13H,14-19H2,1H3/q+1/t28-/m1/s1. The lowest BCUT2D eigenvalue weighted by Crippen LogP contribution is -2.40. The van der Waals surface area contributed by atoms with Crippen molar-refractivity contribution in [3.8, 4) is 0 Å². The molecule has 0 radical (unpaired) electrons. The Morgan fingerprint density at radius 1 is 1.00 bits per heavy atom. The van der Waals surface area contributed by atoms with Crippen LogP contribution >= 0.6 is 23.2 Å². The maximum Gasteiger partial charge on any atom is 0.404 e. The number of tetrazole rings is 1. The Labute approximate surface area is 230 Å². The number of benzene rings is 3. The number of aryl methyl sites for hydroxylation is 1. The number of methoxy groups -OCH3 is 1. The molecule has 1 aliphatic heterocycles. The van der Waals surface area contributed by atoms with Crippen LogP contribution < -0.4 is 9.67 Å². The Bertz CT molecular complexity index is 1560. The molecule has 0 fully saturated rings. The highest BCUT2D eigenvalue weighted by atomic mass is 35.5. The van der Waals surface area contributed by atoms with Crippen LogP contribution in [0.4, 0.5) is 5.95 Å². The van der Waals surface area contributed by atoms with Gasteiger partial charge in [-0.25, -0.2) is 5.01 Å². The first-order valence-corrected chi connectivity index (χ1v) is 13.3. The molecule has 2 heterocycles. The number of hydrogen-bond donors (Lipinski definition) is 0. The quantitative estimate of drug-likeness (QED) is 0.313. The number of nitrogens with zero attached hydrogens (tertiary/aromatic N) is 6. The van der Waals surface area contributed by atoms with Crippen LogP contribution in [0.2, 0.25) is 10.0 Å². The van der Waals surface area contributed by atoms with Crippen LogP contribution in [0, 0.1) is 4.91 Å². The van der Waals surface area contributed by atoms with Gasteiger partial charge in [0.2, 0.25) is 0 Å². The van der Waals surface area contributed by atoms with Crippen molar-refractivity contribution in [3.63, 3.8) is 0 Å². The highest BCUT2D eigenvalue weighted by Crippen LogP contribution is 2.46. The van der Waals surface area contributed by atoms with Gasteiger partial charge in [0.15, 0.2) is 4.66 Å². The Kier molecular flexibility index (Phi) is 6.55. The second-order valence-electron chi connectivity index (χ2n) is 9.68. The molecule has 8 nitrogen and oxygen atoms in total. The molecular formula is C28H27Cl2N6O2+. The van der Waals surface area contributed by atoms with Crippen LogP contribution in [0.25, 0.3) is 0 Å². The Morgan fingerprint density at radius 2 is 1.71 bits per heavy atom. The van der Waals surface area contributed by atoms with Crippen molar-refractivity contribution in [2.75, 3.05) is 25.3 Å². The first kappa shape index (κ1) is 24.9. The van der Waals surface area contributed by atoms with Gasteiger partial charge in [-0.05, 0) is 64.3 Å². The van der Waals surface area contributed by atoms with E-state index < -0.39 is 0 Å². The first-order chi connectivity index (χ1) is 18.5. The minimum Gasteiger partial charge on any atom is -0.383 e. The number of aromatic nitrogens is 4. The molecule has 0 amide bonds. The summed E-state index contributed by atoms with van der Waals surface area (Å²) in [6.45, 7) is 1.57. The number of ether oxygens (including phenoxy) is 1. The number of halogens is 2. The highest BCUT2D eigenvalue weighted by Gasteiger charge is 2.51. The summed E-state index contributed by atoms with van der Waals surface area (Å²) in [5.74, 6) is 0.471. The van der Waals surface area contributed by atoms with Crippen molar-refractivity contribution in [2.24, 2.45) is 5.10 Å². The lowest BCUT2D eigenvalue weighted by molar-refractivity contribution is -0.683. The summed E-state index contributed by atoms with van der Waals surface area (Å²) in [5, 5.41) is 13.1. The van der Waals surface area contributed by atoms with E-state index in [1.165, 1.54) is 15.9 Å². The fourth-order valence-corrected chi connectivity index (χ4v) is 5.78. The van der Waals surface area contributed by atoms with Gasteiger partial charge in [-0.15, -0.1) is 0 Å². The van der Waals surface area contributed by atoms with Gasteiger partial charge in [-0.2, -0.15) is 5.10 Å². The van der Waals surface area contributed by atoms with Gasteiger partial charge < -0.3 is 4.74 Å². The summed E-state index contributed by atoms with van der Waals surface area (Å²) < 4.78 is 7.67. The van der Waals surface area contributed by atoms with Crippen molar-refractivity contribution >= 4 is 34.9 Å². The fraction of sp³-hybridized carbons (Fsp3) is 0.286. The molecule has 1 spiro atoms. The van der Waals surface area contributed by atoms with E-state index in [9.17, 15) is 4.91 Å². The summed E-state index contributed by atoms with van der Waals surface area (Å²) in [7, 11) is 1.62. The van der Waals surface area contributed by atoms with Crippen LogP contribution in [0.5, 0.6) is 0 Å². The first-order valence-electron chi connectivity index (χ1n) is 12.5. The average Bonchev–Trinajstić information content (AvgIpc) is 3.59. The van der Waals surface area contributed by atoms with Crippen molar-refractivity contribution in [1.29, 1.82) is 0 Å². The summed E-state index contributed by atoms with van der Waals surface area (Å²) >= 11 is 12.3. The molecule has 2 aliphatic rings. The molecular weight excluding hydrogens is 523 g/mol. The maximum atomic E-state index is 13.4. The number of hydrazone groups is 1. The third-order valence-corrected chi connectivity index (χ3v) is 7.88. The van der Waals surface area contributed by atoms with Crippen LogP contribution in [0.1, 0.15) is 28.7 Å². The minimum atomic E-state index is -0.322. The van der Waals surface area contributed by atoms with Gasteiger partial charge in [0.1, 0.15) is 6.54 Å².